The Morgan fingerprint density at radius 3 is 1.38 bits per heavy atom. The van der Waals surface area contributed by atoms with Crippen LogP contribution in [0.1, 0.15) is 122 Å². The zero-order chi connectivity index (χ0) is 21.4. The first-order valence-electron chi connectivity index (χ1n) is 12.4. The minimum absolute atomic E-state index is 0.0838. The molecule has 0 rings (SSSR count). The SMILES string of the molecule is CCNC(=O)CCCCCCCCCCCCCCCCCCCNCC(=O)O. The number of rotatable bonds is 23. The lowest BCUT2D eigenvalue weighted by Crippen LogP contribution is -2.23. The molecule has 5 nitrogen and oxygen atoms in total. The van der Waals surface area contributed by atoms with Crippen LogP contribution in [0.25, 0.3) is 0 Å². The van der Waals surface area contributed by atoms with Gasteiger partial charge in [-0.3, -0.25) is 9.59 Å². The van der Waals surface area contributed by atoms with Gasteiger partial charge in [0.1, 0.15) is 0 Å². The number of unbranched alkanes of at least 4 members (excludes halogenated alkanes) is 16. The van der Waals surface area contributed by atoms with Crippen LogP contribution in [-0.2, 0) is 9.59 Å². The summed E-state index contributed by atoms with van der Waals surface area (Å²) >= 11 is 0. The summed E-state index contributed by atoms with van der Waals surface area (Å²) in [5.41, 5.74) is 0. The van der Waals surface area contributed by atoms with Crippen molar-refractivity contribution in [3.05, 3.63) is 0 Å². The van der Waals surface area contributed by atoms with E-state index < -0.39 is 5.97 Å². The Balaban J connectivity index is 3.05. The molecule has 0 saturated heterocycles. The van der Waals surface area contributed by atoms with Gasteiger partial charge < -0.3 is 15.7 Å². The van der Waals surface area contributed by atoms with Crippen LogP contribution < -0.4 is 10.6 Å². The normalized spacial score (nSPS) is 10.9. The van der Waals surface area contributed by atoms with E-state index in [2.05, 4.69) is 10.6 Å². The monoisotopic (exact) mass is 412 g/mol. The number of amides is 1. The van der Waals surface area contributed by atoms with Crippen LogP contribution in [-0.4, -0.2) is 36.6 Å². The van der Waals surface area contributed by atoms with E-state index in [0.29, 0.717) is 6.42 Å². The van der Waals surface area contributed by atoms with Gasteiger partial charge in [-0.1, -0.05) is 96.3 Å². The third kappa shape index (κ3) is 24.9. The molecular formula is C24H48N2O3. The summed E-state index contributed by atoms with van der Waals surface area (Å²) in [6, 6.07) is 0. The summed E-state index contributed by atoms with van der Waals surface area (Å²) in [5, 5.41) is 14.3. The number of carboxylic acids is 1. The van der Waals surface area contributed by atoms with Gasteiger partial charge in [-0.15, -0.1) is 0 Å². The van der Waals surface area contributed by atoms with E-state index in [9.17, 15) is 9.59 Å². The summed E-state index contributed by atoms with van der Waals surface area (Å²) in [4.78, 5) is 21.7. The fraction of sp³-hybridized carbons (Fsp3) is 0.917. The van der Waals surface area contributed by atoms with Crippen LogP contribution in [0.5, 0.6) is 0 Å². The Kier molecular flexibility index (Phi) is 22.3. The van der Waals surface area contributed by atoms with Crippen molar-refractivity contribution >= 4 is 11.9 Å². The maximum Gasteiger partial charge on any atom is 0.317 e. The van der Waals surface area contributed by atoms with E-state index in [1.165, 1.54) is 96.3 Å². The number of carbonyl (C=O) groups is 2. The quantitative estimate of drug-likeness (QED) is 0.185. The van der Waals surface area contributed by atoms with E-state index in [1.807, 2.05) is 6.92 Å². The van der Waals surface area contributed by atoms with Gasteiger partial charge in [0.25, 0.3) is 0 Å². The molecule has 0 aromatic rings. The van der Waals surface area contributed by atoms with Crippen LogP contribution in [0.15, 0.2) is 0 Å². The lowest BCUT2D eigenvalue weighted by molar-refractivity contribution is -0.136. The standard InChI is InChI=1S/C24H48N2O3/c1-2-26-23(27)20-18-16-14-12-10-8-6-4-3-5-7-9-11-13-15-17-19-21-25-22-24(28)29/h25H,2-22H2,1H3,(H,26,27)(H,28,29). The van der Waals surface area contributed by atoms with Crippen LogP contribution in [0.3, 0.4) is 0 Å². The van der Waals surface area contributed by atoms with E-state index in [1.54, 1.807) is 0 Å². The maximum atomic E-state index is 11.3. The summed E-state index contributed by atoms with van der Waals surface area (Å²) < 4.78 is 0. The molecule has 0 fully saturated rings. The number of hydrogen-bond donors (Lipinski definition) is 3. The van der Waals surface area contributed by atoms with Crippen molar-refractivity contribution in [2.24, 2.45) is 0 Å². The number of carbonyl (C=O) groups excluding carboxylic acids is 1. The van der Waals surface area contributed by atoms with Crippen molar-refractivity contribution in [1.82, 2.24) is 10.6 Å². The van der Waals surface area contributed by atoms with Crippen molar-refractivity contribution in [1.29, 1.82) is 0 Å². The van der Waals surface area contributed by atoms with E-state index in [4.69, 9.17) is 5.11 Å². The molecule has 172 valence electrons. The molecular weight excluding hydrogens is 364 g/mol. The predicted molar refractivity (Wildman–Crippen MR) is 122 cm³/mol. The van der Waals surface area contributed by atoms with Gasteiger partial charge in [0, 0.05) is 13.0 Å². The van der Waals surface area contributed by atoms with E-state index in [-0.39, 0.29) is 12.5 Å². The molecule has 0 aromatic carbocycles. The van der Waals surface area contributed by atoms with Crippen LogP contribution in [0.4, 0.5) is 0 Å². The Morgan fingerprint density at radius 2 is 1.00 bits per heavy atom. The zero-order valence-electron chi connectivity index (χ0n) is 19.1. The zero-order valence-corrected chi connectivity index (χ0v) is 19.1. The average Bonchev–Trinajstić information content (AvgIpc) is 2.69. The molecule has 0 heterocycles. The number of aliphatic carboxylic acids is 1. The molecule has 3 N–H and O–H groups in total. The Hall–Kier alpha value is -1.10. The van der Waals surface area contributed by atoms with Gasteiger partial charge in [-0.2, -0.15) is 0 Å². The van der Waals surface area contributed by atoms with Gasteiger partial charge in [0.15, 0.2) is 0 Å². The smallest absolute Gasteiger partial charge is 0.317 e. The van der Waals surface area contributed by atoms with Crippen LogP contribution in [0.2, 0.25) is 0 Å². The Bertz CT molecular complexity index is 375. The Labute approximate surface area is 179 Å². The topological polar surface area (TPSA) is 78.4 Å². The number of hydrogen-bond acceptors (Lipinski definition) is 3. The molecule has 29 heavy (non-hydrogen) atoms. The molecule has 0 bridgehead atoms. The second-order valence-electron chi connectivity index (χ2n) is 8.28. The van der Waals surface area contributed by atoms with Crippen LogP contribution in [0, 0.1) is 0 Å². The summed E-state index contributed by atoms with van der Waals surface area (Å²) in [5.74, 6) is -0.568. The Morgan fingerprint density at radius 1 is 0.621 bits per heavy atom. The van der Waals surface area contributed by atoms with Crippen molar-refractivity contribution in [3.63, 3.8) is 0 Å². The second kappa shape index (κ2) is 23.2. The van der Waals surface area contributed by atoms with Crippen molar-refractivity contribution in [2.75, 3.05) is 19.6 Å². The molecule has 0 aliphatic rings. The third-order valence-corrected chi connectivity index (χ3v) is 5.41. The van der Waals surface area contributed by atoms with Gasteiger partial charge >= 0.3 is 5.97 Å². The maximum absolute atomic E-state index is 11.3. The molecule has 5 heteroatoms. The highest BCUT2D eigenvalue weighted by Crippen LogP contribution is 2.14. The summed E-state index contributed by atoms with van der Waals surface area (Å²) in [7, 11) is 0. The minimum atomic E-state index is -0.772. The molecule has 0 spiro atoms. The van der Waals surface area contributed by atoms with Crippen molar-refractivity contribution in [3.8, 4) is 0 Å². The molecule has 0 atom stereocenters. The van der Waals surface area contributed by atoms with Crippen molar-refractivity contribution < 1.29 is 14.7 Å². The van der Waals surface area contributed by atoms with Gasteiger partial charge in [-0.25, -0.2) is 0 Å². The average molecular weight is 413 g/mol. The van der Waals surface area contributed by atoms with E-state index in [0.717, 1.165) is 25.9 Å². The van der Waals surface area contributed by atoms with Gasteiger partial charge in [0.05, 0.1) is 6.54 Å². The van der Waals surface area contributed by atoms with Crippen LogP contribution >= 0.6 is 0 Å². The summed E-state index contributed by atoms with van der Waals surface area (Å²) in [6.45, 7) is 3.62. The molecule has 0 saturated carbocycles. The fourth-order valence-corrected chi connectivity index (χ4v) is 3.67. The molecule has 1 amide bonds. The highest BCUT2D eigenvalue weighted by molar-refractivity contribution is 5.75. The van der Waals surface area contributed by atoms with Crippen molar-refractivity contribution in [2.45, 2.75) is 122 Å². The first-order chi connectivity index (χ1) is 14.2. The minimum Gasteiger partial charge on any atom is -0.480 e. The number of carboxylic acid groups (broad SMARTS) is 1. The lowest BCUT2D eigenvalue weighted by Gasteiger charge is -2.04. The molecule has 0 unspecified atom stereocenters. The first kappa shape index (κ1) is 27.9. The second-order valence-corrected chi connectivity index (χ2v) is 8.28. The fourth-order valence-electron chi connectivity index (χ4n) is 3.67. The molecule has 0 aromatic heterocycles. The van der Waals surface area contributed by atoms with E-state index >= 15 is 0 Å². The largest absolute Gasteiger partial charge is 0.480 e. The summed E-state index contributed by atoms with van der Waals surface area (Å²) in [6.07, 6.45) is 22.8. The lowest BCUT2D eigenvalue weighted by atomic mass is 10.0. The molecule has 0 aliphatic heterocycles. The predicted octanol–water partition coefficient (Wildman–Crippen LogP) is 5.82. The first-order valence-corrected chi connectivity index (χ1v) is 12.4. The highest BCUT2D eigenvalue weighted by atomic mass is 16.4. The molecule has 0 aliphatic carbocycles. The highest BCUT2D eigenvalue weighted by Gasteiger charge is 1.99. The third-order valence-electron chi connectivity index (χ3n) is 5.41. The molecule has 0 radical (unpaired) electrons. The number of nitrogens with one attached hydrogen (secondary N) is 2. The van der Waals surface area contributed by atoms with Gasteiger partial charge in [-0.05, 0) is 26.3 Å². The van der Waals surface area contributed by atoms with Gasteiger partial charge in [0.2, 0.25) is 5.91 Å².